The molecule has 2 aromatic heterocycles. The van der Waals surface area contributed by atoms with E-state index in [0.717, 1.165) is 61.8 Å². The standard InChI is InChI=1S/C24H31N5O/c1-3-21(4-2)29-15-11-19-17-25-24(27-23(19)29)26-20-5-7-22(8-6-20)28-13-9-18(10-14-28)12-16-30/h5-8,11,15-18,21H,3-4,9-10,12-14H2,1-2H3,(H,25,26,27). The smallest absolute Gasteiger partial charge is 0.229 e. The quantitative estimate of drug-likeness (QED) is 0.513. The first-order chi connectivity index (χ1) is 14.7. The summed E-state index contributed by atoms with van der Waals surface area (Å²) in [6.45, 7) is 6.45. The van der Waals surface area contributed by atoms with Crippen molar-refractivity contribution in [2.24, 2.45) is 5.92 Å². The number of benzene rings is 1. The average molecular weight is 406 g/mol. The first-order valence-electron chi connectivity index (χ1n) is 11.1. The molecule has 3 heterocycles. The average Bonchev–Trinajstić information content (AvgIpc) is 3.19. The van der Waals surface area contributed by atoms with E-state index in [1.54, 1.807) is 0 Å². The predicted molar refractivity (Wildman–Crippen MR) is 122 cm³/mol. The molecule has 0 saturated carbocycles. The molecule has 30 heavy (non-hydrogen) atoms. The van der Waals surface area contributed by atoms with E-state index in [2.05, 4.69) is 70.1 Å². The topological polar surface area (TPSA) is 63.1 Å². The number of fused-ring (bicyclic) bond motifs is 1. The molecule has 1 saturated heterocycles. The minimum absolute atomic E-state index is 0.459. The fourth-order valence-electron chi connectivity index (χ4n) is 4.42. The fourth-order valence-corrected chi connectivity index (χ4v) is 4.42. The van der Waals surface area contributed by atoms with Crippen LogP contribution in [-0.2, 0) is 4.79 Å². The number of rotatable bonds is 8. The van der Waals surface area contributed by atoms with Crippen LogP contribution in [0.5, 0.6) is 0 Å². The Morgan fingerprint density at radius 2 is 1.87 bits per heavy atom. The maximum absolute atomic E-state index is 10.7. The van der Waals surface area contributed by atoms with Gasteiger partial charge < -0.3 is 19.6 Å². The van der Waals surface area contributed by atoms with E-state index in [-0.39, 0.29) is 0 Å². The van der Waals surface area contributed by atoms with Gasteiger partial charge in [0, 0.05) is 54.7 Å². The van der Waals surface area contributed by atoms with Gasteiger partial charge in [0.1, 0.15) is 11.9 Å². The second kappa shape index (κ2) is 9.28. The zero-order valence-electron chi connectivity index (χ0n) is 17.9. The Balaban J connectivity index is 1.45. The van der Waals surface area contributed by atoms with Crippen molar-refractivity contribution in [3.8, 4) is 0 Å². The maximum Gasteiger partial charge on any atom is 0.229 e. The van der Waals surface area contributed by atoms with Crippen LogP contribution >= 0.6 is 0 Å². The van der Waals surface area contributed by atoms with Crippen molar-refractivity contribution in [2.75, 3.05) is 23.3 Å². The summed E-state index contributed by atoms with van der Waals surface area (Å²) in [5, 5.41) is 4.42. The highest BCUT2D eigenvalue weighted by atomic mass is 16.1. The van der Waals surface area contributed by atoms with E-state index < -0.39 is 0 Å². The van der Waals surface area contributed by atoms with Gasteiger partial charge in [-0.25, -0.2) is 4.98 Å². The van der Waals surface area contributed by atoms with Gasteiger partial charge in [0.25, 0.3) is 0 Å². The van der Waals surface area contributed by atoms with Crippen LogP contribution in [-0.4, -0.2) is 33.9 Å². The third-order valence-corrected chi connectivity index (χ3v) is 6.32. The molecule has 3 aromatic rings. The molecule has 6 heteroatoms. The summed E-state index contributed by atoms with van der Waals surface area (Å²) in [5.74, 6) is 1.17. The number of hydrogen-bond donors (Lipinski definition) is 1. The summed E-state index contributed by atoms with van der Waals surface area (Å²) >= 11 is 0. The molecule has 0 spiro atoms. The molecule has 4 rings (SSSR count). The van der Waals surface area contributed by atoms with E-state index in [1.807, 2.05) is 6.20 Å². The minimum atomic E-state index is 0.459. The highest BCUT2D eigenvalue weighted by molar-refractivity contribution is 5.77. The van der Waals surface area contributed by atoms with Crippen LogP contribution in [0.2, 0.25) is 0 Å². The highest BCUT2D eigenvalue weighted by Crippen LogP contribution is 2.27. The number of piperidine rings is 1. The zero-order chi connectivity index (χ0) is 20.9. The number of nitrogens with one attached hydrogen (secondary N) is 1. The maximum atomic E-state index is 10.7. The molecule has 1 fully saturated rings. The van der Waals surface area contributed by atoms with Crippen molar-refractivity contribution in [3.63, 3.8) is 0 Å². The molecule has 1 aliphatic rings. The van der Waals surface area contributed by atoms with Crippen molar-refractivity contribution in [2.45, 2.75) is 52.0 Å². The molecule has 158 valence electrons. The molecule has 0 unspecified atom stereocenters. The van der Waals surface area contributed by atoms with E-state index in [9.17, 15) is 4.79 Å². The Morgan fingerprint density at radius 1 is 1.13 bits per heavy atom. The lowest BCUT2D eigenvalue weighted by Gasteiger charge is -2.33. The van der Waals surface area contributed by atoms with Gasteiger partial charge in [-0.2, -0.15) is 4.98 Å². The molecule has 0 amide bonds. The second-order valence-corrected chi connectivity index (χ2v) is 8.17. The van der Waals surface area contributed by atoms with E-state index >= 15 is 0 Å². The van der Waals surface area contributed by atoms with E-state index in [1.165, 1.54) is 5.69 Å². The second-order valence-electron chi connectivity index (χ2n) is 8.17. The van der Waals surface area contributed by atoms with Crippen molar-refractivity contribution in [1.29, 1.82) is 0 Å². The minimum Gasteiger partial charge on any atom is -0.372 e. The van der Waals surface area contributed by atoms with Gasteiger partial charge in [0.15, 0.2) is 0 Å². The normalized spacial score (nSPS) is 15.1. The SMILES string of the molecule is CCC(CC)n1ccc2cnc(Nc3ccc(N4CCC(CC=O)CC4)cc3)nc21. The Bertz CT molecular complexity index is 969. The third kappa shape index (κ3) is 4.32. The molecular weight excluding hydrogens is 374 g/mol. The molecule has 1 N–H and O–H groups in total. The molecule has 6 nitrogen and oxygen atoms in total. The fraction of sp³-hybridized carbons (Fsp3) is 0.458. The molecule has 1 aromatic carbocycles. The van der Waals surface area contributed by atoms with E-state index in [0.29, 0.717) is 24.3 Å². The van der Waals surface area contributed by atoms with Crippen LogP contribution in [0.25, 0.3) is 11.0 Å². The number of aldehydes is 1. The van der Waals surface area contributed by atoms with Crippen LogP contribution in [0.3, 0.4) is 0 Å². The highest BCUT2D eigenvalue weighted by Gasteiger charge is 2.19. The summed E-state index contributed by atoms with van der Waals surface area (Å²) in [6.07, 6.45) is 10.1. The lowest BCUT2D eigenvalue weighted by molar-refractivity contribution is -0.108. The Kier molecular flexibility index (Phi) is 6.31. The van der Waals surface area contributed by atoms with Gasteiger partial charge in [-0.15, -0.1) is 0 Å². The van der Waals surface area contributed by atoms with Crippen LogP contribution in [0.15, 0.2) is 42.7 Å². The largest absolute Gasteiger partial charge is 0.372 e. The van der Waals surface area contributed by atoms with Crippen LogP contribution in [0.1, 0.15) is 52.0 Å². The summed E-state index contributed by atoms with van der Waals surface area (Å²) in [6, 6.07) is 11.0. The summed E-state index contributed by atoms with van der Waals surface area (Å²) in [4.78, 5) is 22.4. The third-order valence-electron chi connectivity index (χ3n) is 6.32. The van der Waals surface area contributed by atoms with Gasteiger partial charge in [-0.05, 0) is 61.9 Å². The number of anilines is 3. The van der Waals surface area contributed by atoms with Gasteiger partial charge in [-0.1, -0.05) is 13.8 Å². The summed E-state index contributed by atoms with van der Waals surface area (Å²) in [7, 11) is 0. The van der Waals surface area contributed by atoms with Crippen molar-refractivity contribution >= 4 is 34.6 Å². The Morgan fingerprint density at radius 3 is 2.53 bits per heavy atom. The van der Waals surface area contributed by atoms with Gasteiger partial charge in [0.05, 0.1) is 0 Å². The summed E-state index contributed by atoms with van der Waals surface area (Å²) < 4.78 is 2.26. The monoisotopic (exact) mass is 405 g/mol. The lowest BCUT2D eigenvalue weighted by Crippen LogP contribution is -2.33. The Labute approximate surface area is 178 Å². The van der Waals surface area contributed by atoms with E-state index in [4.69, 9.17) is 4.98 Å². The van der Waals surface area contributed by atoms with Crippen LogP contribution < -0.4 is 10.2 Å². The molecule has 0 radical (unpaired) electrons. The molecular formula is C24H31N5O. The number of aromatic nitrogens is 3. The number of hydrogen-bond acceptors (Lipinski definition) is 5. The predicted octanol–water partition coefficient (Wildman–Crippen LogP) is 5.34. The molecule has 0 aliphatic carbocycles. The van der Waals surface area contributed by atoms with Crippen LogP contribution in [0, 0.1) is 5.92 Å². The van der Waals surface area contributed by atoms with Crippen molar-refractivity contribution in [3.05, 3.63) is 42.7 Å². The first-order valence-corrected chi connectivity index (χ1v) is 11.1. The number of nitrogens with zero attached hydrogens (tertiary/aromatic N) is 4. The molecule has 0 atom stereocenters. The van der Waals surface area contributed by atoms with Crippen LogP contribution in [0.4, 0.5) is 17.3 Å². The Hall–Kier alpha value is -2.89. The van der Waals surface area contributed by atoms with Gasteiger partial charge >= 0.3 is 0 Å². The van der Waals surface area contributed by atoms with Crippen molar-refractivity contribution in [1.82, 2.24) is 14.5 Å². The lowest BCUT2D eigenvalue weighted by atomic mass is 9.94. The van der Waals surface area contributed by atoms with Gasteiger partial charge in [-0.3, -0.25) is 0 Å². The first kappa shape index (κ1) is 20.4. The van der Waals surface area contributed by atoms with Gasteiger partial charge in [0.2, 0.25) is 5.95 Å². The molecule has 0 bridgehead atoms. The zero-order valence-corrected chi connectivity index (χ0v) is 17.9. The molecule has 1 aliphatic heterocycles. The number of carbonyl (C=O) groups excluding carboxylic acids is 1. The van der Waals surface area contributed by atoms with Crippen molar-refractivity contribution < 1.29 is 4.79 Å². The number of carbonyl (C=O) groups is 1. The summed E-state index contributed by atoms with van der Waals surface area (Å²) in [5.41, 5.74) is 3.19.